The van der Waals surface area contributed by atoms with E-state index in [1.165, 1.54) is 11.7 Å². The summed E-state index contributed by atoms with van der Waals surface area (Å²) in [6, 6.07) is 0. The van der Waals surface area contributed by atoms with E-state index in [2.05, 4.69) is 0 Å². The van der Waals surface area contributed by atoms with Crippen molar-refractivity contribution in [1.29, 1.82) is 0 Å². The molecule has 7 heteroatoms. The van der Waals surface area contributed by atoms with Crippen LogP contribution in [-0.4, -0.2) is 42.4 Å². The molecule has 1 aromatic rings. The average Bonchev–Trinajstić information content (AvgIpc) is 2.77. The van der Waals surface area contributed by atoms with Gasteiger partial charge in [0.05, 0.1) is 18.2 Å². The number of rotatable bonds is 1. The molecule has 1 aromatic heterocycles. The highest BCUT2D eigenvalue weighted by Crippen LogP contribution is 2.34. The summed E-state index contributed by atoms with van der Waals surface area (Å²) in [6.07, 6.45) is 0. The van der Waals surface area contributed by atoms with Gasteiger partial charge in [-0.3, -0.25) is 9.59 Å². The van der Waals surface area contributed by atoms with Crippen LogP contribution in [-0.2, 0) is 21.3 Å². The first kappa shape index (κ1) is 13.4. The van der Waals surface area contributed by atoms with Crippen molar-refractivity contribution in [2.45, 2.75) is 6.92 Å². The van der Waals surface area contributed by atoms with Gasteiger partial charge in [-0.2, -0.15) is 0 Å². The monoisotopic (exact) mass is 291 g/mol. The van der Waals surface area contributed by atoms with Crippen molar-refractivity contribution in [2.75, 3.05) is 20.3 Å². The van der Waals surface area contributed by atoms with E-state index in [4.69, 9.17) is 14.2 Å². The molecule has 7 nitrogen and oxygen atoms in total. The first-order valence-electron chi connectivity index (χ1n) is 6.35. The van der Waals surface area contributed by atoms with E-state index in [-0.39, 0.29) is 41.6 Å². The van der Waals surface area contributed by atoms with Crippen molar-refractivity contribution in [2.24, 2.45) is 7.05 Å². The summed E-state index contributed by atoms with van der Waals surface area (Å²) in [4.78, 5) is 37.0. The third-order valence-electron chi connectivity index (χ3n) is 3.71. The zero-order valence-corrected chi connectivity index (χ0v) is 11.8. The summed E-state index contributed by atoms with van der Waals surface area (Å²) in [5, 5.41) is 0. The summed E-state index contributed by atoms with van der Waals surface area (Å²) in [6.45, 7) is 2.04. The number of ketones is 2. The third-order valence-corrected chi connectivity index (χ3v) is 3.71. The fourth-order valence-electron chi connectivity index (χ4n) is 2.62. The van der Waals surface area contributed by atoms with Crippen LogP contribution in [0.5, 0.6) is 0 Å². The number of hydrogen-bond acceptors (Lipinski definition) is 6. The van der Waals surface area contributed by atoms with Gasteiger partial charge < -0.3 is 18.8 Å². The summed E-state index contributed by atoms with van der Waals surface area (Å²) in [7, 11) is 2.84. The van der Waals surface area contributed by atoms with Crippen LogP contribution in [0.25, 0.3) is 0 Å². The van der Waals surface area contributed by atoms with E-state index in [9.17, 15) is 14.4 Å². The molecule has 0 aromatic carbocycles. The quantitative estimate of drug-likeness (QED) is 0.710. The Labute approximate surface area is 120 Å². The summed E-state index contributed by atoms with van der Waals surface area (Å²) >= 11 is 0. The molecular weight excluding hydrogens is 278 g/mol. The van der Waals surface area contributed by atoms with Crippen molar-refractivity contribution in [3.63, 3.8) is 0 Å². The van der Waals surface area contributed by atoms with Crippen LogP contribution >= 0.6 is 0 Å². The Morgan fingerprint density at radius 2 is 1.71 bits per heavy atom. The van der Waals surface area contributed by atoms with Gasteiger partial charge in [0.25, 0.3) is 0 Å². The normalized spacial score (nSPS) is 16.9. The van der Waals surface area contributed by atoms with Crippen molar-refractivity contribution in [3.05, 3.63) is 34.0 Å². The molecule has 0 unspecified atom stereocenters. The van der Waals surface area contributed by atoms with Crippen molar-refractivity contribution in [1.82, 2.24) is 4.57 Å². The first-order valence-corrected chi connectivity index (χ1v) is 6.35. The number of Topliss-reactive ketones (excluding diaryl/α,β-unsaturated/α-hetero) is 2. The second kappa shape index (κ2) is 4.47. The molecule has 0 saturated heterocycles. The van der Waals surface area contributed by atoms with Gasteiger partial charge in [0.15, 0.2) is 0 Å². The van der Waals surface area contributed by atoms with E-state index in [0.29, 0.717) is 5.69 Å². The molecule has 1 aliphatic heterocycles. The Morgan fingerprint density at radius 3 is 2.29 bits per heavy atom. The fourth-order valence-corrected chi connectivity index (χ4v) is 2.62. The van der Waals surface area contributed by atoms with Gasteiger partial charge in [-0.05, 0) is 6.92 Å². The van der Waals surface area contributed by atoms with Crippen molar-refractivity contribution >= 4 is 17.5 Å². The van der Waals surface area contributed by atoms with Crippen LogP contribution in [0, 0.1) is 6.92 Å². The maximum atomic E-state index is 12.6. The Morgan fingerprint density at radius 1 is 1.14 bits per heavy atom. The molecule has 0 fully saturated rings. The molecule has 1 aliphatic carbocycles. The summed E-state index contributed by atoms with van der Waals surface area (Å²) in [5.41, 5.74) is 0.723. The van der Waals surface area contributed by atoms with E-state index in [1.807, 2.05) is 0 Å². The van der Waals surface area contributed by atoms with Gasteiger partial charge >= 0.3 is 5.97 Å². The maximum Gasteiger partial charge on any atom is 0.340 e. The molecule has 0 atom stereocenters. The van der Waals surface area contributed by atoms with Crippen LogP contribution < -0.4 is 0 Å². The molecule has 110 valence electrons. The van der Waals surface area contributed by atoms with Gasteiger partial charge in [-0.15, -0.1) is 0 Å². The van der Waals surface area contributed by atoms with Crippen molar-refractivity contribution in [3.8, 4) is 0 Å². The average molecular weight is 291 g/mol. The highest BCUT2D eigenvalue weighted by Gasteiger charge is 2.43. The van der Waals surface area contributed by atoms with Crippen LogP contribution in [0.15, 0.2) is 11.5 Å². The molecule has 0 amide bonds. The number of aromatic nitrogens is 1. The molecule has 2 heterocycles. The number of fused-ring (bicyclic) bond motifs is 1. The molecule has 0 saturated carbocycles. The lowest BCUT2D eigenvalue weighted by Crippen LogP contribution is -2.31. The number of carbonyl (C=O) groups excluding carboxylic acids is 3. The second-order valence-electron chi connectivity index (χ2n) is 4.75. The van der Waals surface area contributed by atoms with Crippen LogP contribution in [0.4, 0.5) is 0 Å². The number of esters is 1. The molecule has 0 N–H and O–H groups in total. The lowest BCUT2D eigenvalue weighted by atomic mass is 9.94. The molecule has 2 aliphatic rings. The van der Waals surface area contributed by atoms with Crippen LogP contribution in [0.1, 0.15) is 36.9 Å². The Kier molecular flexibility index (Phi) is 2.86. The van der Waals surface area contributed by atoms with Crippen LogP contribution in [0.2, 0.25) is 0 Å². The Hall–Kier alpha value is -2.57. The zero-order valence-electron chi connectivity index (χ0n) is 11.8. The number of nitrogens with zero attached hydrogens (tertiary/aromatic N) is 1. The predicted molar refractivity (Wildman–Crippen MR) is 69.1 cm³/mol. The van der Waals surface area contributed by atoms with Gasteiger partial charge in [0, 0.05) is 12.7 Å². The molecule has 21 heavy (non-hydrogen) atoms. The number of carbonyl (C=O) groups is 3. The Bertz CT molecular complexity index is 724. The minimum Gasteiger partial charge on any atom is -0.483 e. The van der Waals surface area contributed by atoms with Gasteiger partial charge in [-0.25, -0.2) is 4.79 Å². The van der Waals surface area contributed by atoms with E-state index in [1.54, 1.807) is 14.0 Å². The predicted octanol–water partition coefficient (Wildman–Crippen LogP) is 0.758. The highest BCUT2D eigenvalue weighted by molar-refractivity contribution is 6.28. The smallest absolute Gasteiger partial charge is 0.340 e. The Balaban J connectivity index is 2.30. The number of allylic oxidation sites excluding steroid dienone is 2. The van der Waals surface area contributed by atoms with E-state index < -0.39 is 17.5 Å². The third kappa shape index (κ3) is 1.63. The molecule has 0 radical (unpaired) electrons. The number of ether oxygens (including phenoxy) is 3. The lowest BCUT2D eigenvalue weighted by molar-refractivity contribution is 0.0430. The minimum absolute atomic E-state index is 0.0242. The maximum absolute atomic E-state index is 12.6. The second-order valence-corrected chi connectivity index (χ2v) is 4.75. The van der Waals surface area contributed by atoms with E-state index in [0.717, 1.165) is 0 Å². The molecule has 0 spiro atoms. The largest absolute Gasteiger partial charge is 0.483 e. The van der Waals surface area contributed by atoms with E-state index >= 15 is 0 Å². The fraction of sp³-hybridized carbons (Fsp3) is 0.357. The first-order chi connectivity index (χ1) is 9.99. The lowest BCUT2D eigenvalue weighted by Gasteiger charge is -2.24. The SMILES string of the molecule is COC(=O)c1c2c(n(C)c1C)C(=O)C1=C(OCCO1)C2=O. The zero-order chi connectivity index (χ0) is 15.3. The molecule has 3 rings (SSSR count). The standard InChI is InChI=1S/C14H13NO6/c1-6-7(14(18)19-3)8-9(15(6)2)11(17)13-12(10(8)16)20-4-5-21-13/h4-5H2,1-3H3. The van der Waals surface area contributed by atoms with Crippen LogP contribution in [0.3, 0.4) is 0 Å². The number of hydrogen-bond donors (Lipinski definition) is 0. The molecule has 0 bridgehead atoms. The van der Waals surface area contributed by atoms with Gasteiger partial charge in [-0.1, -0.05) is 0 Å². The summed E-state index contributed by atoms with van der Waals surface area (Å²) in [5.74, 6) is -1.86. The van der Waals surface area contributed by atoms with Gasteiger partial charge in [0.2, 0.25) is 23.1 Å². The highest BCUT2D eigenvalue weighted by atomic mass is 16.6. The minimum atomic E-state index is -0.661. The van der Waals surface area contributed by atoms with Crippen molar-refractivity contribution < 1.29 is 28.6 Å². The summed E-state index contributed by atoms with van der Waals surface area (Å²) < 4.78 is 16.7. The molecular formula is C14H13NO6. The number of methoxy groups -OCH3 is 1. The topological polar surface area (TPSA) is 83.8 Å². The van der Waals surface area contributed by atoms with Gasteiger partial charge in [0.1, 0.15) is 18.9 Å².